The largest absolute Gasteiger partial charge is 0.478 e. The van der Waals surface area contributed by atoms with E-state index in [-0.39, 0.29) is 11.1 Å². The van der Waals surface area contributed by atoms with Crippen LogP contribution in [0.2, 0.25) is 0 Å². The van der Waals surface area contributed by atoms with Crippen molar-refractivity contribution < 1.29 is 9.90 Å². The number of carbonyl (C=O) groups is 1. The van der Waals surface area contributed by atoms with Gasteiger partial charge in [-0.25, -0.2) is 9.48 Å². The van der Waals surface area contributed by atoms with Crippen molar-refractivity contribution in [1.29, 1.82) is 0 Å². The van der Waals surface area contributed by atoms with Crippen LogP contribution in [-0.4, -0.2) is 20.9 Å². The Balaban J connectivity index is 1.94. The summed E-state index contributed by atoms with van der Waals surface area (Å²) in [5.74, 6) is -0.958. The Morgan fingerprint density at radius 3 is 2.35 bits per heavy atom. The first-order valence-electron chi connectivity index (χ1n) is 7.24. The van der Waals surface area contributed by atoms with Crippen molar-refractivity contribution >= 4 is 5.97 Å². The predicted octanol–water partition coefficient (Wildman–Crippen LogP) is 2.76. The maximum absolute atomic E-state index is 12.6. The number of nitrogens with one attached hydrogen (secondary N) is 1. The van der Waals surface area contributed by atoms with Crippen LogP contribution in [0.5, 0.6) is 0 Å². The third kappa shape index (κ3) is 2.94. The minimum atomic E-state index is -0.958. The molecule has 0 aliphatic heterocycles. The highest BCUT2D eigenvalue weighted by Crippen LogP contribution is 2.13. The van der Waals surface area contributed by atoms with Crippen molar-refractivity contribution in [3.05, 3.63) is 87.3 Å². The van der Waals surface area contributed by atoms with E-state index in [0.717, 1.165) is 16.9 Å². The van der Waals surface area contributed by atoms with Gasteiger partial charge in [-0.05, 0) is 36.8 Å². The Bertz CT molecular complexity index is 890. The Morgan fingerprint density at radius 2 is 1.74 bits per heavy atom. The van der Waals surface area contributed by atoms with Gasteiger partial charge in [0.1, 0.15) is 0 Å². The summed E-state index contributed by atoms with van der Waals surface area (Å²) in [5.41, 5.74) is 3.32. The molecule has 0 bridgehead atoms. The van der Waals surface area contributed by atoms with Crippen LogP contribution < -0.4 is 5.56 Å². The highest BCUT2D eigenvalue weighted by Gasteiger charge is 2.13. The van der Waals surface area contributed by atoms with E-state index in [1.165, 1.54) is 4.68 Å². The number of H-pyrrole nitrogens is 1. The summed E-state index contributed by atoms with van der Waals surface area (Å²) in [6.45, 7) is 1.86. The number of aromatic carboxylic acids is 1. The number of aromatic amines is 1. The molecule has 23 heavy (non-hydrogen) atoms. The molecule has 116 valence electrons. The van der Waals surface area contributed by atoms with E-state index in [2.05, 4.69) is 5.10 Å². The minimum absolute atomic E-state index is 0.0870. The van der Waals surface area contributed by atoms with Gasteiger partial charge in [0.2, 0.25) is 0 Å². The monoisotopic (exact) mass is 308 g/mol. The topological polar surface area (TPSA) is 75.1 Å². The van der Waals surface area contributed by atoms with Gasteiger partial charge in [-0.15, -0.1) is 0 Å². The van der Waals surface area contributed by atoms with Crippen molar-refractivity contribution in [3.8, 4) is 5.69 Å². The fraction of sp³-hybridized carbons (Fsp3) is 0.111. The molecule has 0 unspecified atom stereocenters. The van der Waals surface area contributed by atoms with E-state index >= 15 is 0 Å². The van der Waals surface area contributed by atoms with Crippen LogP contribution in [0.3, 0.4) is 0 Å². The van der Waals surface area contributed by atoms with Gasteiger partial charge in [0, 0.05) is 17.7 Å². The molecular formula is C18H16N2O3. The number of para-hydroxylation sites is 1. The molecule has 3 aromatic rings. The lowest BCUT2D eigenvalue weighted by atomic mass is 10.0. The normalized spacial score (nSPS) is 10.7. The van der Waals surface area contributed by atoms with Crippen molar-refractivity contribution in [2.45, 2.75) is 13.3 Å². The van der Waals surface area contributed by atoms with Gasteiger partial charge in [-0.2, -0.15) is 0 Å². The molecule has 0 spiro atoms. The first-order chi connectivity index (χ1) is 11.1. The van der Waals surface area contributed by atoms with E-state index in [0.29, 0.717) is 12.0 Å². The second-order valence-electron chi connectivity index (χ2n) is 5.37. The molecule has 0 atom stereocenters. The summed E-state index contributed by atoms with van der Waals surface area (Å²) < 4.78 is 1.52. The van der Waals surface area contributed by atoms with Crippen LogP contribution in [0.1, 0.15) is 27.2 Å². The lowest BCUT2D eigenvalue weighted by Crippen LogP contribution is -2.17. The quantitative estimate of drug-likeness (QED) is 0.778. The van der Waals surface area contributed by atoms with Crippen molar-refractivity contribution in [3.63, 3.8) is 0 Å². The van der Waals surface area contributed by atoms with Crippen molar-refractivity contribution in [2.75, 3.05) is 0 Å². The second-order valence-corrected chi connectivity index (χ2v) is 5.37. The summed E-state index contributed by atoms with van der Waals surface area (Å²) in [6.07, 6.45) is 0.459. The number of benzene rings is 2. The Labute approximate surface area is 132 Å². The summed E-state index contributed by atoms with van der Waals surface area (Å²) in [5, 5.41) is 12.0. The molecule has 0 fully saturated rings. The molecule has 5 nitrogen and oxygen atoms in total. The number of aryl methyl sites for hydroxylation is 1. The maximum atomic E-state index is 12.6. The molecule has 0 aliphatic carbocycles. The smallest absolute Gasteiger partial charge is 0.335 e. The molecule has 0 aliphatic rings. The highest BCUT2D eigenvalue weighted by atomic mass is 16.4. The van der Waals surface area contributed by atoms with E-state index in [1.807, 2.05) is 37.3 Å². The van der Waals surface area contributed by atoms with Gasteiger partial charge in [-0.3, -0.25) is 9.89 Å². The SMILES string of the molecule is Cc1[nH]n(-c2ccccc2)c(=O)c1Cc1ccc(C(=O)O)cc1. The van der Waals surface area contributed by atoms with Crippen LogP contribution in [0.4, 0.5) is 0 Å². The maximum Gasteiger partial charge on any atom is 0.335 e. The van der Waals surface area contributed by atoms with E-state index in [9.17, 15) is 9.59 Å². The zero-order valence-electron chi connectivity index (χ0n) is 12.6. The van der Waals surface area contributed by atoms with Crippen molar-refractivity contribution in [1.82, 2.24) is 9.78 Å². The van der Waals surface area contributed by atoms with Gasteiger partial charge in [0.15, 0.2) is 0 Å². The first kappa shape index (κ1) is 14.8. The molecule has 0 saturated heterocycles. The number of aromatic nitrogens is 2. The molecular weight excluding hydrogens is 292 g/mol. The van der Waals surface area contributed by atoms with Crippen molar-refractivity contribution in [2.24, 2.45) is 0 Å². The number of carboxylic acid groups (broad SMARTS) is 1. The predicted molar refractivity (Wildman–Crippen MR) is 87.3 cm³/mol. The highest BCUT2D eigenvalue weighted by molar-refractivity contribution is 5.87. The molecule has 0 amide bonds. The third-order valence-electron chi connectivity index (χ3n) is 3.79. The Hall–Kier alpha value is -3.08. The van der Waals surface area contributed by atoms with Gasteiger partial charge in [0.05, 0.1) is 11.3 Å². The molecule has 2 N–H and O–H groups in total. The number of hydrogen-bond donors (Lipinski definition) is 2. The van der Waals surface area contributed by atoms with Gasteiger partial charge in [0.25, 0.3) is 5.56 Å². The van der Waals surface area contributed by atoms with E-state index < -0.39 is 5.97 Å². The molecule has 1 heterocycles. The summed E-state index contributed by atoms with van der Waals surface area (Å²) in [7, 11) is 0. The average molecular weight is 308 g/mol. The summed E-state index contributed by atoms with van der Waals surface area (Å²) in [4.78, 5) is 23.5. The molecule has 5 heteroatoms. The molecule has 1 aromatic heterocycles. The molecule has 0 radical (unpaired) electrons. The van der Waals surface area contributed by atoms with Crippen LogP contribution in [0, 0.1) is 6.92 Å². The Kier molecular flexibility index (Phi) is 3.85. The van der Waals surface area contributed by atoms with Gasteiger partial charge in [-0.1, -0.05) is 30.3 Å². The van der Waals surface area contributed by atoms with Gasteiger partial charge >= 0.3 is 5.97 Å². The third-order valence-corrected chi connectivity index (χ3v) is 3.79. The zero-order chi connectivity index (χ0) is 16.4. The molecule has 2 aromatic carbocycles. The van der Waals surface area contributed by atoms with Gasteiger partial charge < -0.3 is 5.11 Å². The lowest BCUT2D eigenvalue weighted by molar-refractivity contribution is 0.0697. The molecule has 0 saturated carbocycles. The average Bonchev–Trinajstić information content (AvgIpc) is 2.84. The van der Waals surface area contributed by atoms with Crippen LogP contribution in [-0.2, 0) is 6.42 Å². The minimum Gasteiger partial charge on any atom is -0.478 e. The number of carboxylic acids is 1. The van der Waals surface area contributed by atoms with Crippen LogP contribution >= 0.6 is 0 Å². The van der Waals surface area contributed by atoms with Crippen LogP contribution in [0.15, 0.2) is 59.4 Å². The number of hydrogen-bond acceptors (Lipinski definition) is 2. The van der Waals surface area contributed by atoms with Crippen LogP contribution in [0.25, 0.3) is 5.69 Å². The fourth-order valence-corrected chi connectivity index (χ4v) is 2.52. The molecule has 3 rings (SSSR count). The number of nitrogens with zero attached hydrogens (tertiary/aromatic N) is 1. The Morgan fingerprint density at radius 1 is 1.09 bits per heavy atom. The first-order valence-corrected chi connectivity index (χ1v) is 7.24. The number of rotatable bonds is 4. The summed E-state index contributed by atoms with van der Waals surface area (Å²) in [6, 6.07) is 16.0. The summed E-state index contributed by atoms with van der Waals surface area (Å²) >= 11 is 0. The standard InChI is InChI=1S/C18H16N2O3/c1-12-16(11-13-7-9-14(10-8-13)18(22)23)17(21)20(19-12)15-5-3-2-4-6-15/h2-10,19H,11H2,1H3,(H,22,23). The van der Waals surface area contributed by atoms with E-state index in [1.54, 1.807) is 24.3 Å². The van der Waals surface area contributed by atoms with E-state index in [4.69, 9.17) is 5.11 Å². The second kappa shape index (κ2) is 5.96. The zero-order valence-corrected chi connectivity index (χ0v) is 12.6. The lowest BCUT2D eigenvalue weighted by Gasteiger charge is -2.01. The fourth-order valence-electron chi connectivity index (χ4n) is 2.52.